The summed E-state index contributed by atoms with van der Waals surface area (Å²) in [5.41, 5.74) is 1.67. The molecule has 1 unspecified atom stereocenters. The number of hydrogen-bond donors (Lipinski definition) is 1. The third kappa shape index (κ3) is 5.96. The van der Waals surface area contributed by atoms with E-state index in [0.717, 1.165) is 5.56 Å². The molecular formula is C24H25N3O6S. The second-order valence-electron chi connectivity index (χ2n) is 7.46. The zero-order chi connectivity index (χ0) is 24.7. The minimum absolute atomic E-state index is 0.163. The lowest BCUT2D eigenvalue weighted by molar-refractivity contribution is -0.141. The number of hydrogen-bond acceptors (Lipinski definition) is 7. The number of ether oxygens (including phenoxy) is 2. The maximum absolute atomic E-state index is 13.2. The van der Waals surface area contributed by atoms with Crippen LogP contribution in [0.5, 0.6) is 0 Å². The van der Waals surface area contributed by atoms with Crippen LogP contribution in [0.25, 0.3) is 0 Å². The molecule has 1 heterocycles. The predicted molar refractivity (Wildman–Crippen MR) is 128 cm³/mol. The normalized spacial score (nSPS) is 15.3. The molecule has 2 aromatic carbocycles. The van der Waals surface area contributed by atoms with Gasteiger partial charge in [0.05, 0.1) is 32.2 Å². The second-order valence-corrected chi connectivity index (χ2v) is 7.83. The summed E-state index contributed by atoms with van der Waals surface area (Å²) in [5, 5.41) is 2.87. The predicted octanol–water partition coefficient (Wildman–Crippen LogP) is 2.36. The molecule has 1 aliphatic heterocycles. The molecule has 1 N–H and O–H groups in total. The van der Waals surface area contributed by atoms with E-state index in [1.807, 2.05) is 30.3 Å². The van der Waals surface area contributed by atoms with Gasteiger partial charge in [0.15, 0.2) is 5.11 Å². The highest BCUT2D eigenvalue weighted by Gasteiger charge is 2.44. The third-order valence-corrected chi connectivity index (χ3v) is 5.63. The molecule has 178 valence electrons. The fourth-order valence-corrected chi connectivity index (χ4v) is 3.82. The Morgan fingerprint density at radius 3 is 2.35 bits per heavy atom. The van der Waals surface area contributed by atoms with Crippen molar-refractivity contribution in [2.45, 2.75) is 25.9 Å². The smallest absolute Gasteiger partial charge is 0.338 e. The number of methoxy groups -OCH3 is 1. The molecule has 10 heteroatoms. The van der Waals surface area contributed by atoms with Crippen LogP contribution >= 0.6 is 12.2 Å². The van der Waals surface area contributed by atoms with Gasteiger partial charge in [-0.2, -0.15) is 0 Å². The molecule has 1 aliphatic rings. The minimum Gasteiger partial charge on any atom is -0.468 e. The van der Waals surface area contributed by atoms with E-state index in [4.69, 9.17) is 21.7 Å². The largest absolute Gasteiger partial charge is 0.468 e. The van der Waals surface area contributed by atoms with Crippen LogP contribution in [0.4, 0.5) is 5.69 Å². The first-order valence-electron chi connectivity index (χ1n) is 10.6. The number of anilines is 1. The minimum atomic E-state index is -0.950. The quantitative estimate of drug-likeness (QED) is 0.428. The van der Waals surface area contributed by atoms with Crippen LogP contribution < -0.4 is 5.32 Å². The van der Waals surface area contributed by atoms with Crippen molar-refractivity contribution in [2.24, 2.45) is 0 Å². The number of nitrogens with one attached hydrogen (secondary N) is 1. The van der Waals surface area contributed by atoms with Crippen molar-refractivity contribution < 1.29 is 28.7 Å². The van der Waals surface area contributed by atoms with E-state index in [-0.39, 0.29) is 37.1 Å². The van der Waals surface area contributed by atoms with Crippen LogP contribution in [0.2, 0.25) is 0 Å². The van der Waals surface area contributed by atoms with Crippen molar-refractivity contribution in [3.63, 3.8) is 0 Å². The lowest BCUT2D eigenvalue weighted by Gasteiger charge is -2.22. The molecule has 1 saturated heterocycles. The summed E-state index contributed by atoms with van der Waals surface area (Å²) < 4.78 is 9.68. The Bertz CT molecular complexity index is 1070. The van der Waals surface area contributed by atoms with Gasteiger partial charge in [0.25, 0.3) is 5.91 Å². The number of carbonyl (C=O) groups is 4. The molecule has 0 spiro atoms. The van der Waals surface area contributed by atoms with Crippen molar-refractivity contribution in [3.8, 4) is 0 Å². The zero-order valence-electron chi connectivity index (χ0n) is 18.9. The first kappa shape index (κ1) is 24.8. The standard InChI is InChI=1S/C24H25N3O6S/c1-3-33-23(31)17-9-11-18(12-10-17)25-20(28)13-19-22(30)27(14-16-7-5-4-6-8-16)24(34)26(19)15-21(29)32-2/h4-12,19H,3,13-15H2,1-2H3,(H,25,28). The molecule has 2 amide bonds. The molecule has 0 aliphatic carbocycles. The average Bonchev–Trinajstić information content (AvgIpc) is 3.04. The van der Waals surface area contributed by atoms with E-state index in [2.05, 4.69) is 5.32 Å². The maximum atomic E-state index is 13.2. The van der Waals surface area contributed by atoms with E-state index in [0.29, 0.717) is 11.3 Å². The molecule has 0 radical (unpaired) electrons. The Morgan fingerprint density at radius 2 is 1.74 bits per heavy atom. The summed E-state index contributed by atoms with van der Waals surface area (Å²) in [7, 11) is 1.24. The third-order valence-electron chi connectivity index (χ3n) is 5.17. The van der Waals surface area contributed by atoms with Gasteiger partial charge in [0.2, 0.25) is 5.91 Å². The Labute approximate surface area is 202 Å². The van der Waals surface area contributed by atoms with Crippen LogP contribution in [0.15, 0.2) is 54.6 Å². The van der Waals surface area contributed by atoms with E-state index in [9.17, 15) is 19.2 Å². The number of benzene rings is 2. The highest BCUT2D eigenvalue weighted by Crippen LogP contribution is 2.24. The zero-order valence-corrected chi connectivity index (χ0v) is 19.7. The van der Waals surface area contributed by atoms with Gasteiger partial charge in [-0.1, -0.05) is 30.3 Å². The van der Waals surface area contributed by atoms with Gasteiger partial charge in [-0.3, -0.25) is 19.3 Å². The van der Waals surface area contributed by atoms with Crippen LogP contribution in [-0.2, 0) is 30.4 Å². The van der Waals surface area contributed by atoms with Crippen LogP contribution in [0.3, 0.4) is 0 Å². The summed E-state index contributed by atoms with van der Waals surface area (Å²) in [6, 6.07) is 14.5. The van der Waals surface area contributed by atoms with Gasteiger partial charge in [-0.15, -0.1) is 0 Å². The lowest BCUT2D eigenvalue weighted by atomic mass is 10.1. The summed E-state index contributed by atoms with van der Waals surface area (Å²) >= 11 is 5.47. The first-order chi connectivity index (χ1) is 16.3. The van der Waals surface area contributed by atoms with Gasteiger partial charge in [-0.05, 0) is 49.0 Å². The topological polar surface area (TPSA) is 105 Å². The van der Waals surface area contributed by atoms with Crippen molar-refractivity contribution in [2.75, 3.05) is 25.6 Å². The maximum Gasteiger partial charge on any atom is 0.338 e. The van der Waals surface area contributed by atoms with E-state index >= 15 is 0 Å². The number of carbonyl (C=O) groups excluding carboxylic acids is 4. The number of nitrogens with zero attached hydrogens (tertiary/aromatic N) is 2. The summed E-state index contributed by atoms with van der Waals surface area (Å²) in [6.07, 6.45) is -0.221. The highest BCUT2D eigenvalue weighted by atomic mass is 32.1. The number of amides is 2. The van der Waals surface area contributed by atoms with Gasteiger partial charge in [0, 0.05) is 5.69 Å². The molecule has 0 aromatic heterocycles. The molecular weight excluding hydrogens is 458 g/mol. The van der Waals surface area contributed by atoms with Crippen molar-refractivity contribution >= 4 is 46.8 Å². The molecule has 1 fully saturated rings. The summed E-state index contributed by atoms with van der Waals surface area (Å²) in [6.45, 7) is 1.95. The molecule has 3 rings (SSSR count). The van der Waals surface area contributed by atoms with Crippen LogP contribution in [-0.4, -0.2) is 65.0 Å². The Balaban J connectivity index is 1.72. The Hall–Kier alpha value is -3.79. The van der Waals surface area contributed by atoms with E-state index < -0.39 is 23.9 Å². The van der Waals surface area contributed by atoms with E-state index in [1.165, 1.54) is 29.0 Å². The van der Waals surface area contributed by atoms with Gasteiger partial charge >= 0.3 is 11.9 Å². The van der Waals surface area contributed by atoms with Gasteiger partial charge in [0.1, 0.15) is 12.6 Å². The summed E-state index contributed by atoms with van der Waals surface area (Å²) in [4.78, 5) is 52.5. The molecule has 1 atom stereocenters. The first-order valence-corrected chi connectivity index (χ1v) is 11.0. The molecule has 9 nitrogen and oxygen atoms in total. The number of thiocarbonyl (C=S) groups is 1. The average molecular weight is 484 g/mol. The SMILES string of the molecule is CCOC(=O)c1ccc(NC(=O)CC2C(=O)N(Cc3ccccc3)C(=S)N2CC(=O)OC)cc1. The number of rotatable bonds is 9. The Morgan fingerprint density at radius 1 is 1.06 bits per heavy atom. The fourth-order valence-electron chi connectivity index (χ4n) is 3.48. The number of esters is 2. The Kier molecular flexibility index (Phi) is 8.31. The van der Waals surface area contributed by atoms with Gasteiger partial charge < -0.3 is 19.7 Å². The van der Waals surface area contributed by atoms with Crippen LogP contribution in [0, 0.1) is 0 Å². The summed E-state index contributed by atoms with van der Waals surface area (Å²) in [5.74, 6) is -1.84. The van der Waals surface area contributed by atoms with E-state index in [1.54, 1.807) is 19.1 Å². The van der Waals surface area contributed by atoms with Gasteiger partial charge in [-0.25, -0.2) is 4.79 Å². The lowest BCUT2D eigenvalue weighted by Crippen LogP contribution is -2.41. The van der Waals surface area contributed by atoms with Crippen molar-refractivity contribution in [1.29, 1.82) is 0 Å². The molecule has 2 aromatic rings. The van der Waals surface area contributed by atoms with Crippen molar-refractivity contribution in [1.82, 2.24) is 9.80 Å². The highest BCUT2D eigenvalue weighted by molar-refractivity contribution is 7.80. The second kappa shape index (κ2) is 11.4. The fraction of sp³-hybridized carbons (Fsp3) is 0.292. The van der Waals surface area contributed by atoms with Crippen molar-refractivity contribution in [3.05, 3.63) is 65.7 Å². The monoisotopic (exact) mass is 483 g/mol. The molecule has 0 bridgehead atoms. The molecule has 0 saturated carbocycles. The molecule has 34 heavy (non-hydrogen) atoms. The van der Waals surface area contributed by atoms with Crippen LogP contribution in [0.1, 0.15) is 29.3 Å².